The zero-order chi connectivity index (χ0) is 18.0. The molecule has 0 saturated carbocycles. The molecule has 2 aromatic rings. The third-order valence-corrected chi connectivity index (χ3v) is 4.12. The Morgan fingerprint density at radius 1 is 1.12 bits per heavy atom. The lowest BCUT2D eigenvalue weighted by molar-refractivity contribution is 0.0954. The molecule has 1 aromatic carbocycles. The van der Waals surface area contributed by atoms with E-state index in [1.807, 2.05) is 42.6 Å². The molecule has 3 rings (SSSR count). The molecular formula is C20H14N4O. The fraction of sp³-hybridized carbons (Fsp3) is 0.150. The van der Waals surface area contributed by atoms with E-state index < -0.39 is 5.60 Å². The zero-order valence-corrected chi connectivity index (χ0v) is 13.8. The fourth-order valence-corrected chi connectivity index (χ4v) is 2.89. The molecule has 5 nitrogen and oxygen atoms in total. The molecule has 1 aliphatic heterocycles. The average Bonchev–Trinajstić information content (AvgIpc) is 3.12. The summed E-state index contributed by atoms with van der Waals surface area (Å²) in [5, 5.41) is 28.8. The van der Waals surface area contributed by atoms with Crippen LogP contribution < -0.4 is 0 Å². The van der Waals surface area contributed by atoms with Crippen LogP contribution in [0.15, 0.2) is 59.0 Å². The lowest BCUT2D eigenvalue weighted by Crippen LogP contribution is -2.20. The van der Waals surface area contributed by atoms with Gasteiger partial charge in [-0.05, 0) is 25.5 Å². The van der Waals surface area contributed by atoms with E-state index >= 15 is 0 Å². The number of nitriles is 3. The Morgan fingerprint density at radius 3 is 2.52 bits per heavy atom. The molecule has 0 atom stereocenters. The van der Waals surface area contributed by atoms with E-state index in [1.165, 1.54) is 0 Å². The van der Waals surface area contributed by atoms with Crippen molar-refractivity contribution in [2.45, 2.75) is 19.4 Å². The predicted octanol–water partition coefficient (Wildman–Crippen LogP) is 4.11. The minimum atomic E-state index is -0.804. The number of H-pyrrole nitrogens is 1. The van der Waals surface area contributed by atoms with Gasteiger partial charge < -0.3 is 9.72 Å². The van der Waals surface area contributed by atoms with Gasteiger partial charge >= 0.3 is 0 Å². The van der Waals surface area contributed by atoms with Gasteiger partial charge in [0.15, 0.2) is 11.3 Å². The first-order valence-corrected chi connectivity index (χ1v) is 7.64. The molecule has 0 saturated heterocycles. The zero-order valence-electron chi connectivity index (χ0n) is 13.8. The molecule has 25 heavy (non-hydrogen) atoms. The summed E-state index contributed by atoms with van der Waals surface area (Å²) in [7, 11) is 0. The van der Waals surface area contributed by atoms with E-state index in [0.29, 0.717) is 5.57 Å². The van der Waals surface area contributed by atoms with Gasteiger partial charge in [-0.3, -0.25) is 0 Å². The molecule has 5 heteroatoms. The minimum Gasteiger partial charge on any atom is -0.480 e. The number of ether oxygens (including phenoxy) is 1. The topological polar surface area (TPSA) is 96.4 Å². The third kappa shape index (κ3) is 2.67. The molecule has 0 unspecified atom stereocenters. The van der Waals surface area contributed by atoms with Crippen LogP contribution in [0, 0.1) is 34.0 Å². The minimum absolute atomic E-state index is 0.0519. The van der Waals surface area contributed by atoms with Crippen LogP contribution in [0.2, 0.25) is 0 Å². The Labute approximate surface area is 145 Å². The van der Waals surface area contributed by atoms with E-state index in [-0.39, 0.29) is 16.9 Å². The van der Waals surface area contributed by atoms with Crippen molar-refractivity contribution in [3.63, 3.8) is 0 Å². The van der Waals surface area contributed by atoms with Gasteiger partial charge in [-0.15, -0.1) is 0 Å². The summed E-state index contributed by atoms with van der Waals surface area (Å²) in [6, 6.07) is 13.6. The number of aromatic amines is 1. The molecule has 0 bridgehead atoms. The quantitative estimate of drug-likeness (QED) is 0.840. The summed E-state index contributed by atoms with van der Waals surface area (Å²) >= 11 is 0. The van der Waals surface area contributed by atoms with Crippen LogP contribution in [0.4, 0.5) is 0 Å². The van der Waals surface area contributed by atoms with Gasteiger partial charge in [0, 0.05) is 22.7 Å². The van der Waals surface area contributed by atoms with Crippen molar-refractivity contribution in [3.8, 4) is 18.2 Å². The number of nitrogens with one attached hydrogen (secondary N) is 1. The van der Waals surface area contributed by atoms with Gasteiger partial charge in [0.05, 0.1) is 0 Å². The van der Waals surface area contributed by atoms with Crippen molar-refractivity contribution in [1.29, 1.82) is 15.8 Å². The first-order valence-electron chi connectivity index (χ1n) is 7.64. The number of fused-ring (bicyclic) bond motifs is 1. The molecule has 1 N–H and O–H groups in total. The summed E-state index contributed by atoms with van der Waals surface area (Å²) < 4.78 is 5.75. The Kier molecular flexibility index (Phi) is 3.89. The van der Waals surface area contributed by atoms with Crippen molar-refractivity contribution < 1.29 is 4.74 Å². The molecule has 0 aliphatic carbocycles. The average molecular weight is 326 g/mol. The van der Waals surface area contributed by atoms with Gasteiger partial charge in [0.2, 0.25) is 0 Å². The maximum atomic E-state index is 9.53. The summed E-state index contributed by atoms with van der Waals surface area (Å²) in [6.45, 7) is 3.61. The highest BCUT2D eigenvalue weighted by Crippen LogP contribution is 2.40. The van der Waals surface area contributed by atoms with Gasteiger partial charge in [-0.2, -0.15) is 15.8 Å². The molecule has 2 heterocycles. The van der Waals surface area contributed by atoms with Gasteiger partial charge in [0.25, 0.3) is 0 Å². The highest BCUT2D eigenvalue weighted by molar-refractivity contribution is 5.89. The first kappa shape index (κ1) is 16.1. The molecule has 0 fully saturated rings. The second kappa shape index (κ2) is 6.04. The van der Waals surface area contributed by atoms with Crippen LogP contribution in [-0.2, 0) is 4.74 Å². The Morgan fingerprint density at radius 2 is 1.84 bits per heavy atom. The van der Waals surface area contributed by atoms with E-state index in [4.69, 9.17) is 15.3 Å². The van der Waals surface area contributed by atoms with Crippen LogP contribution in [0.3, 0.4) is 0 Å². The second-order valence-corrected chi connectivity index (χ2v) is 6.06. The van der Waals surface area contributed by atoms with Gasteiger partial charge in [-0.25, -0.2) is 0 Å². The number of rotatable bonds is 2. The molecule has 120 valence electrons. The Hall–Kier alpha value is -3.75. The molecule has 0 spiro atoms. The van der Waals surface area contributed by atoms with E-state index in [0.717, 1.165) is 16.5 Å². The molecule has 0 amide bonds. The number of aromatic nitrogens is 1. The van der Waals surface area contributed by atoms with Crippen LogP contribution in [-0.4, -0.2) is 10.6 Å². The van der Waals surface area contributed by atoms with Crippen LogP contribution in [0.25, 0.3) is 17.0 Å². The van der Waals surface area contributed by atoms with Crippen molar-refractivity contribution in [2.75, 3.05) is 0 Å². The van der Waals surface area contributed by atoms with E-state index in [1.54, 1.807) is 26.0 Å². The monoisotopic (exact) mass is 326 g/mol. The van der Waals surface area contributed by atoms with Crippen molar-refractivity contribution in [2.24, 2.45) is 0 Å². The summed E-state index contributed by atoms with van der Waals surface area (Å²) in [5.41, 5.74) is 1.87. The first-order chi connectivity index (χ1) is 12.0. The third-order valence-electron chi connectivity index (χ3n) is 4.12. The maximum absolute atomic E-state index is 9.53. The van der Waals surface area contributed by atoms with E-state index in [2.05, 4.69) is 11.1 Å². The van der Waals surface area contributed by atoms with Gasteiger partial charge in [0.1, 0.15) is 29.4 Å². The number of allylic oxidation sites excluding steroid dienone is 2. The lowest BCUT2D eigenvalue weighted by Gasteiger charge is -2.20. The SMILES string of the molecule is CC1(C)OC(=C(C#N)C#N)C(C#N)=C1/C=C/c1c[nH]c2ccccc12. The standard InChI is InChI=1S/C20H14N4O/c1-20(2)17(16(11-23)19(25-20)14(9-21)10-22)8-7-13-12-24-18-6-4-3-5-15(13)18/h3-8,12,24H,1-2H3/b8-7+. The highest BCUT2D eigenvalue weighted by atomic mass is 16.5. The van der Waals surface area contributed by atoms with Gasteiger partial charge in [-0.1, -0.05) is 30.4 Å². The number of benzene rings is 1. The summed E-state index contributed by atoms with van der Waals surface area (Å²) in [5.74, 6) is 0.0519. The van der Waals surface area contributed by atoms with Crippen molar-refractivity contribution in [1.82, 2.24) is 4.98 Å². The fourth-order valence-electron chi connectivity index (χ4n) is 2.89. The maximum Gasteiger partial charge on any atom is 0.172 e. The summed E-state index contributed by atoms with van der Waals surface area (Å²) in [4.78, 5) is 3.20. The van der Waals surface area contributed by atoms with Crippen LogP contribution >= 0.6 is 0 Å². The Bertz CT molecular complexity index is 1060. The second-order valence-electron chi connectivity index (χ2n) is 6.06. The van der Waals surface area contributed by atoms with Crippen molar-refractivity contribution >= 4 is 17.0 Å². The largest absolute Gasteiger partial charge is 0.480 e. The number of hydrogen-bond donors (Lipinski definition) is 1. The molecular weight excluding hydrogens is 312 g/mol. The molecule has 1 aliphatic rings. The molecule has 0 radical (unpaired) electrons. The lowest BCUT2D eigenvalue weighted by atomic mass is 9.94. The Balaban J connectivity index is 2.13. The summed E-state index contributed by atoms with van der Waals surface area (Å²) in [6.07, 6.45) is 5.61. The number of para-hydroxylation sites is 1. The smallest absolute Gasteiger partial charge is 0.172 e. The van der Waals surface area contributed by atoms with Crippen LogP contribution in [0.1, 0.15) is 19.4 Å². The normalized spacial score (nSPS) is 15.7. The highest BCUT2D eigenvalue weighted by Gasteiger charge is 2.38. The van der Waals surface area contributed by atoms with Crippen LogP contribution in [0.5, 0.6) is 0 Å². The van der Waals surface area contributed by atoms with Crippen molar-refractivity contribution in [3.05, 3.63) is 64.6 Å². The van der Waals surface area contributed by atoms with E-state index in [9.17, 15) is 5.26 Å². The number of nitrogens with zero attached hydrogens (tertiary/aromatic N) is 3. The molecule has 1 aromatic heterocycles. The predicted molar refractivity (Wildman–Crippen MR) is 93.4 cm³/mol. The number of hydrogen-bond acceptors (Lipinski definition) is 4.